The largest absolute Gasteiger partial charge is 0.270 e. The molecule has 0 N–H and O–H groups in total. The first-order valence-electron chi connectivity index (χ1n) is 5.73. The number of nitrogens with zero attached hydrogens (tertiary/aromatic N) is 2. The lowest BCUT2D eigenvalue weighted by Crippen LogP contribution is -2.02. The summed E-state index contributed by atoms with van der Waals surface area (Å²) in [6.45, 7) is 0. The van der Waals surface area contributed by atoms with Crippen LogP contribution in [0.4, 0.5) is 11.4 Å². The zero-order valence-electron chi connectivity index (χ0n) is 10.8. The first kappa shape index (κ1) is 15.9. The first-order valence-corrected chi connectivity index (χ1v) is 8.54. The van der Waals surface area contributed by atoms with Crippen LogP contribution < -0.4 is 0 Å². The Kier molecular flexibility index (Phi) is 4.73. The summed E-state index contributed by atoms with van der Waals surface area (Å²) in [4.78, 5) is 20.1. The Labute approximate surface area is 128 Å². The van der Waals surface area contributed by atoms with Crippen molar-refractivity contribution in [1.82, 2.24) is 0 Å². The third-order valence-corrected chi connectivity index (χ3v) is 6.11. The molecule has 2 atom stereocenters. The summed E-state index contributed by atoms with van der Waals surface area (Å²) in [7, 11) is -4.16. The first-order chi connectivity index (χ1) is 10.4. The predicted octanol–water partition coefficient (Wildman–Crippen LogP) is 2.33. The second kappa shape index (κ2) is 6.54. The average Bonchev–Trinajstić information content (AvgIpc) is 2.53. The van der Waals surface area contributed by atoms with Crippen LogP contribution >= 0.6 is 0 Å². The highest BCUT2D eigenvalue weighted by Crippen LogP contribution is 2.23. The van der Waals surface area contributed by atoms with Crippen molar-refractivity contribution in [1.29, 1.82) is 0 Å². The van der Waals surface area contributed by atoms with Crippen LogP contribution in [0, 0.1) is 20.2 Å². The zero-order valence-corrected chi connectivity index (χ0v) is 12.4. The zero-order chi connectivity index (χ0) is 16.3. The topological polar surface area (TPSA) is 120 Å². The predicted molar refractivity (Wildman–Crippen MR) is 79.0 cm³/mol. The van der Waals surface area contributed by atoms with Crippen LogP contribution in [-0.2, 0) is 19.7 Å². The highest BCUT2D eigenvalue weighted by atomic mass is 33.1. The molecule has 0 spiro atoms. The Morgan fingerprint density at radius 3 is 1.41 bits per heavy atom. The van der Waals surface area contributed by atoms with E-state index in [1.54, 1.807) is 0 Å². The van der Waals surface area contributed by atoms with Crippen LogP contribution in [-0.4, -0.2) is 18.3 Å². The van der Waals surface area contributed by atoms with Crippen LogP contribution in [0.25, 0.3) is 0 Å². The molecular formula is C12H8N2O6S2. The van der Waals surface area contributed by atoms with Gasteiger partial charge in [-0.3, -0.25) is 20.2 Å². The fourth-order valence-electron chi connectivity index (χ4n) is 1.58. The quantitative estimate of drug-likeness (QED) is 0.468. The minimum atomic E-state index is -2.08. The van der Waals surface area contributed by atoms with Gasteiger partial charge in [-0.1, -0.05) is 12.1 Å². The summed E-state index contributed by atoms with van der Waals surface area (Å²) in [5.41, 5.74) is -0.552. The van der Waals surface area contributed by atoms with Crippen molar-refractivity contribution in [2.24, 2.45) is 0 Å². The second-order valence-electron chi connectivity index (χ2n) is 3.98. The van der Waals surface area contributed by atoms with E-state index in [1.807, 2.05) is 0 Å². The summed E-state index contributed by atoms with van der Waals surface area (Å²) in [6.07, 6.45) is 0. The molecule has 0 aromatic heterocycles. The van der Waals surface area contributed by atoms with Crippen molar-refractivity contribution < 1.29 is 18.3 Å². The minimum Gasteiger partial charge on any atom is -0.258 e. The molecule has 0 fully saturated rings. The van der Waals surface area contributed by atoms with Crippen LogP contribution in [0.3, 0.4) is 0 Å². The van der Waals surface area contributed by atoms with E-state index >= 15 is 0 Å². The van der Waals surface area contributed by atoms with E-state index in [1.165, 1.54) is 36.4 Å². The molecule has 0 heterocycles. The smallest absolute Gasteiger partial charge is 0.258 e. The van der Waals surface area contributed by atoms with Gasteiger partial charge in [-0.15, -0.1) is 0 Å². The molecule has 0 amide bonds. The average molecular weight is 340 g/mol. The Morgan fingerprint density at radius 1 is 0.727 bits per heavy atom. The lowest BCUT2D eigenvalue weighted by molar-refractivity contribution is -0.385. The van der Waals surface area contributed by atoms with Gasteiger partial charge in [-0.2, -0.15) is 0 Å². The van der Waals surface area contributed by atoms with Gasteiger partial charge in [0.15, 0.2) is 0 Å². The number of nitro benzene ring substituents is 2. The van der Waals surface area contributed by atoms with Crippen molar-refractivity contribution in [3.8, 4) is 0 Å². The van der Waals surface area contributed by atoms with Gasteiger partial charge in [-0.05, 0) is 12.1 Å². The summed E-state index contributed by atoms with van der Waals surface area (Å²) in [6, 6.07) is 9.91. The number of benzene rings is 2. The van der Waals surface area contributed by atoms with Crippen molar-refractivity contribution in [3.05, 3.63) is 68.8 Å². The summed E-state index contributed by atoms with van der Waals surface area (Å²) < 4.78 is 24.4. The Hall–Kier alpha value is -2.46. The fourth-order valence-corrected chi connectivity index (χ4v) is 4.41. The standard InChI is InChI=1S/C12H8N2O6S2/c15-13(16)9-3-1-5-11(7-9)21(19)22(20)12-6-2-4-10(8-12)14(17)18/h1-8H. The van der Waals surface area contributed by atoms with E-state index in [-0.39, 0.29) is 21.2 Å². The molecule has 2 unspecified atom stereocenters. The van der Waals surface area contributed by atoms with Crippen molar-refractivity contribution in [2.45, 2.75) is 9.79 Å². The number of hydrogen-bond acceptors (Lipinski definition) is 6. The number of nitro groups is 2. The number of rotatable bonds is 5. The molecule has 0 aliphatic carbocycles. The SMILES string of the molecule is O=[N+]([O-])c1cccc(S(=O)S(=O)c2cccc([N+](=O)[O-])c2)c1. The third-order valence-electron chi connectivity index (χ3n) is 2.58. The van der Waals surface area contributed by atoms with Crippen LogP contribution in [0.1, 0.15) is 0 Å². The lowest BCUT2D eigenvalue weighted by atomic mass is 10.3. The molecular weight excluding hydrogens is 332 g/mol. The fraction of sp³-hybridized carbons (Fsp3) is 0. The molecule has 0 aliphatic rings. The number of hydrogen-bond donors (Lipinski definition) is 0. The molecule has 0 aliphatic heterocycles. The number of non-ortho nitro benzene ring substituents is 2. The van der Waals surface area contributed by atoms with Gasteiger partial charge in [0, 0.05) is 24.3 Å². The minimum absolute atomic E-state index is 0.0130. The van der Waals surface area contributed by atoms with Crippen LogP contribution in [0.5, 0.6) is 0 Å². The van der Waals surface area contributed by atoms with Gasteiger partial charge in [-0.25, -0.2) is 8.42 Å². The molecule has 114 valence electrons. The Balaban J connectivity index is 2.35. The molecule has 2 rings (SSSR count). The molecule has 22 heavy (non-hydrogen) atoms. The highest BCUT2D eigenvalue weighted by molar-refractivity contribution is 8.61. The van der Waals surface area contributed by atoms with Crippen molar-refractivity contribution in [3.63, 3.8) is 0 Å². The highest BCUT2D eigenvalue weighted by Gasteiger charge is 2.19. The molecule has 0 radical (unpaired) electrons. The van der Waals surface area contributed by atoms with E-state index in [9.17, 15) is 28.6 Å². The molecule has 8 nitrogen and oxygen atoms in total. The van der Waals surface area contributed by atoms with Gasteiger partial charge in [0.2, 0.25) is 0 Å². The maximum absolute atomic E-state index is 12.2. The van der Waals surface area contributed by atoms with Crippen LogP contribution in [0.2, 0.25) is 0 Å². The van der Waals surface area contributed by atoms with E-state index in [4.69, 9.17) is 0 Å². The van der Waals surface area contributed by atoms with E-state index in [0.29, 0.717) is 0 Å². The summed E-state index contributed by atoms with van der Waals surface area (Å²) >= 11 is 0. The second-order valence-corrected chi connectivity index (χ2v) is 7.68. The van der Waals surface area contributed by atoms with Crippen molar-refractivity contribution >= 4 is 31.0 Å². The summed E-state index contributed by atoms with van der Waals surface area (Å²) in [5.74, 6) is 0. The summed E-state index contributed by atoms with van der Waals surface area (Å²) in [5, 5.41) is 21.4. The molecule has 10 heteroatoms. The van der Waals surface area contributed by atoms with Gasteiger partial charge in [0.1, 0.15) is 19.7 Å². The molecule has 2 aromatic carbocycles. The maximum Gasteiger partial charge on any atom is 0.270 e. The van der Waals surface area contributed by atoms with Crippen molar-refractivity contribution in [2.75, 3.05) is 0 Å². The Morgan fingerprint density at radius 2 is 1.09 bits per heavy atom. The van der Waals surface area contributed by atoms with E-state index < -0.39 is 29.5 Å². The van der Waals surface area contributed by atoms with Gasteiger partial charge < -0.3 is 0 Å². The maximum atomic E-state index is 12.2. The lowest BCUT2D eigenvalue weighted by Gasteiger charge is -2.02. The monoisotopic (exact) mass is 340 g/mol. The van der Waals surface area contributed by atoms with E-state index in [2.05, 4.69) is 0 Å². The van der Waals surface area contributed by atoms with Gasteiger partial charge in [0.25, 0.3) is 11.4 Å². The third kappa shape index (κ3) is 3.40. The van der Waals surface area contributed by atoms with Gasteiger partial charge >= 0.3 is 0 Å². The van der Waals surface area contributed by atoms with Crippen LogP contribution in [0.15, 0.2) is 58.3 Å². The Bertz CT molecular complexity index is 740. The molecule has 0 bridgehead atoms. The molecule has 0 saturated heterocycles. The van der Waals surface area contributed by atoms with Gasteiger partial charge in [0.05, 0.1) is 19.6 Å². The normalized spacial score (nSPS) is 13.3. The molecule has 2 aromatic rings. The molecule has 0 saturated carbocycles. The van der Waals surface area contributed by atoms with E-state index in [0.717, 1.165) is 12.1 Å².